The maximum atomic E-state index is 12.6. The molecule has 0 aliphatic rings. The van der Waals surface area contributed by atoms with Crippen molar-refractivity contribution in [3.8, 4) is 0 Å². The number of H-pyrrole nitrogens is 1. The van der Waals surface area contributed by atoms with Crippen molar-refractivity contribution in [1.82, 2.24) is 9.88 Å². The highest BCUT2D eigenvalue weighted by Crippen LogP contribution is 2.22. The maximum absolute atomic E-state index is 12.6. The molecule has 0 fully saturated rings. The van der Waals surface area contributed by atoms with E-state index in [1.807, 2.05) is 0 Å². The van der Waals surface area contributed by atoms with Gasteiger partial charge in [-0.05, 0) is 18.9 Å². The molecule has 7 heteroatoms. The molecule has 1 amide bonds. The van der Waals surface area contributed by atoms with Gasteiger partial charge in [-0.25, -0.2) is 0 Å². The average Bonchev–Trinajstić information content (AvgIpc) is 2.36. The number of amides is 1. The van der Waals surface area contributed by atoms with E-state index in [0.717, 1.165) is 11.0 Å². The van der Waals surface area contributed by atoms with Crippen LogP contribution in [-0.4, -0.2) is 34.6 Å². The SMILES string of the molecule is CCC(CC)N(CC(F)(F)F)C(=O)c1cc[nH]c(=O)c1. The molecule has 112 valence electrons. The van der Waals surface area contributed by atoms with Gasteiger partial charge in [0.25, 0.3) is 5.91 Å². The van der Waals surface area contributed by atoms with Crippen molar-refractivity contribution in [2.24, 2.45) is 0 Å². The number of pyridine rings is 1. The summed E-state index contributed by atoms with van der Waals surface area (Å²) in [6, 6.07) is 1.80. The predicted octanol–water partition coefficient (Wildman–Crippen LogP) is 2.57. The summed E-state index contributed by atoms with van der Waals surface area (Å²) in [6.07, 6.45) is -2.39. The molecule has 1 aromatic heterocycles. The van der Waals surface area contributed by atoms with Crippen LogP contribution < -0.4 is 5.56 Å². The third-order valence-electron chi connectivity index (χ3n) is 3.02. The molecule has 0 aliphatic carbocycles. The number of aromatic amines is 1. The average molecular weight is 290 g/mol. The lowest BCUT2D eigenvalue weighted by molar-refractivity contribution is -0.144. The number of rotatable bonds is 5. The van der Waals surface area contributed by atoms with Crippen LogP contribution in [-0.2, 0) is 0 Å². The van der Waals surface area contributed by atoms with Crippen LogP contribution in [0.2, 0.25) is 0 Å². The lowest BCUT2D eigenvalue weighted by Crippen LogP contribution is -2.45. The Balaban J connectivity index is 3.09. The molecule has 1 heterocycles. The van der Waals surface area contributed by atoms with Gasteiger partial charge in [-0.1, -0.05) is 13.8 Å². The molecule has 0 unspecified atom stereocenters. The summed E-state index contributed by atoms with van der Waals surface area (Å²) in [6.45, 7) is 2.14. The fourth-order valence-electron chi connectivity index (χ4n) is 2.03. The minimum Gasteiger partial charge on any atom is -0.329 e. The molecular weight excluding hydrogens is 273 g/mol. The van der Waals surface area contributed by atoms with Gasteiger partial charge < -0.3 is 9.88 Å². The van der Waals surface area contributed by atoms with Crippen LogP contribution in [0.3, 0.4) is 0 Å². The number of carbonyl (C=O) groups excluding carboxylic acids is 1. The van der Waals surface area contributed by atoms with Gasteiger partial charge in [-0.2, -0.15) is 13.2 Å². The first kappa shape index (κ1) is 16.3. The van der Waals surface area contributed by atoms with E-state index in [4.69, 9.17) is 0 Å². The third kappa shape index (κ3) is 4.40. The summed E-state index contributed by atoms with van der Waals surface area (Å²) in [4.78, 5) is 26.5. The molecule has 0 saturated heterocycles. The zero-order chi connectivity index (χ0) is 15.3. The van der Waals surface area contributed by atoms with Crippen molar-refractivity contribution in [1.29, 1.82) is 0 Å². The molecule has 0 bridgehead atoms. The number of aromatic nitrogens is 1. The zero-order valence-corrected chi connectivity index (χ0v) is 11.3. The number of hydrogen-bond donors (Lipinski definition) is 1. The molecule has 20 heavy (non-hydrogen) atoms. The predicted molar refractivity (Wildman–Crippen MR) is 68.5 cm³/mol. The normalized spacial score (nSPS) is 11.7. The van der Waals surface area contributed by atoms with Crippen molar-refractivity contribution in [2.45, 2.75) is 38.9 Å². The number of alkyl halides is 3. The van der Waals surface area contributed by atoms with E-state index in [-0.39, 0.29) is 5.56 Å². The van der Waals surface area contributed by atoms with Crippen LogP contribution >= 0.6 is 0 Å². The first-order valence-electron chi connectivity index (χ1n) is 6.35. The molecule has 1 N–H and O–H groups in total. The van der Waals surface area contributed by atoms with Gasteiger partial charge in [-0.3, -0.25) is 9.59 Å². The Hall–Kier alpha value is -1.79. The van der Waals surface area contributed by atoms with Gasteiger partial charge in [0.05, 0.1) is 0 Å². The van der Waals surface area contributed by atoms with Crippen LogP contribution in [0.5, 0.6) is 0 Å². The zero-order valence-electron chi connectivity index (χ0n) is 11.3. The Morgan fingerprint density at radius 1 is 1.35 bits per heavy atom. The molecule has 0 saturated carbocycles. The summed E-state index contributed by atoms with van der Waals surface area (Å²) in [5.41, 5.74) is -0.558. The van der Waals surface area contributed by atoms with E-state index < -0.39 is 30.2 Å². The maximum Gasteiger partial charge on any atom is 0.406 e. The molecule has 0 aliphatic heterocycles. The van der Waals surface area contributed by atoms with Crippen LogP contribution in [0.25, 0.3) is 0 Å². The highest BCUT2D eigenvalue weighted by atomic mass is 19.4. The molecule has 4 nitrogen and oxygen atoms in total. The summed E-state index contributed by atoms with van der Waals surface area (Å²) in [5.74, 6) is -0.776. The number of nitrogens with zero attached hydrogens (tertiary/aromatic N) is 1. The van der Waals surface area contributed by atoms with Crippen LogP contribution in [0, 0.1) is 0 Å². The topological polar surface area (TPSA) is 53.2 Å². The largest absolute Gasteiger partial charge is 0.406 e. The first-order valence-corrected chi connectivity index (χ1v) is 6.35. The van der Waals surface area contributed by atoms with E-state index >= 15 is 0 Å². The molecule has 0 atom stereocenters. The van der Waals surface area contributed by atoms with Crippen LogP contribution in [0.15, 0.2) is 23.1 Å². The second kappa shape index (κ2) is 6.58. The molecule has 1 aromatic rings. The van der Waals surface area contributed by atoms with E-state index in [1.54, 1.807) is 13.8 Å². The van der Waals surface area contributed by atoms with Gasteiger partial charge >= 0.3 is 6.18 Å². The Morgan fingerprint density at radius 3 is 2.40 bits per heavy atom. The van der Waals surface area contributed by atoms with Crippen molar-refractivity contribution in [2.75, 3.05) is 6.54 Å². The van der Waals surface area contributed by atoms with Crippen molar-refractivity contribution < 1.29 is 18.0 Å². The number of hydrogen-bond acceptors (Lipinski definition) is 2. The Bertz CT molecular complexity index is 507. The van der Waals surface area contributed by atoms with Gasteiger partial charge in [0.1, 0.15) is 6.54 Å². The van der Waals surface area contributed by atoms with Crippen molar-refractivity contribution in [3.05, 3.63) is 34.2 Å². The standard InChI is InChI=1S/C13H17F3N2O2/c1-3-10(4-2)18(8-13(14,15)16)12(20)9-5-6-17-11(19)7-9/h5-7,10H,3-4,8H2,1-2H3,(H,17,19). The lowest BCUT2D eigenvalue weighted by Gasteiger charge is -2.31. The summed E-state index contributed by atoms with van der Waals surface area (Å²) in [5, 5.41) is 0. The second-order valence-electron chi connectivity index (χ2n) is 4.46. The van der Waals surface area contributed by atoms with E-state index in [0.29, 0.717) is 12.8 Å². The number of halogens is 3. The molecule has 0 radical (unpaired) electrons. The van der Waals surface area contributed by atoms with Crippen LogP contribution in [0.4, 0.5) is 13.2 Å². The molecule has 0 aromatic carbocycles. The monoisotopic (exact) mass is 290 g/mol. The van der Waals surface area contributed by atoms with E-state index in [9.17, 15) is 22.8 Å². The highest BCUT2D eigenvalue weighted by Gasteiger charge is 2.36. The molecule has 1 rings (SSSR count). The van der Waals surface area contributed by atoms with E-state index in [2.05, 4.69) is 4.98 Å². The van der Waals surface area contributed by atoms with Gasteiger partial charge in [-0.15, -0.1) is 0 Å². The number of carbonyl (C=O) groups is 1. The Kier molecular flexibility index (Phi) is 5.35. The summed E-state index contributed by atoms with van der Waals surface area (Å²) < 4.78 is 37.9. The fraction of sp³-hybridized carbons (Fsp3) is 0.538. The Labute approximate surface area is 114 Å². The molecule has 0 spiro atoms. The summed E-state index contributed by atoms with van der Waals surface area (Å²) >= 11 is 0. The highest BCUT2D eigenvalue weighted by molar-refractivity contribution is 5.94. The quantitative estimate of drug-likeness (QED) is 0.906. The molecular formula is C13H17F3N2O2. The lowest BCUT2D eigenvalue weighted by atomic mass is 10.1. The second-order valence-corrected chi connectivity index (χ2v) is 4.46. The minimum absolute atomic E-state index is 0.0371. The van der Waals surface area contributed by atoms with Crippen molar-refractivity contribution in [3.63, 3.8) is 0 Å². The Morgan fingerprint density at radius 2 is 1.95 bits per heavy atom. The van der Waals surface area contributed by atoms with Gasteiger partial charge in [0, 0.05) is 23.9 Å². The summed E-state index contributed by atoms with van der Waals surface area (Å²) in [7, 11) is 0. The van der Waals surface area contributed by atoms with E-state index in [1.165, 1.54) is 12.3 Å². The minimum atomic E-state index is -4.47. The van der Waals surface area contributed by atoms with Gasteiger partial charge in [0.15, 0.2) is 0 Å². The smallest absolute Gasteiger partial charge is 0.329 e. The van der Waals surface area contributed by atoms with Gasteiger partial charge in [0.2, 0.25) is 5.56 Å². The first-order chi connectivity index (χ1) is 9.28. The van der Waals surface area contributed by atoms with Crippen LogP contribution in [0.1, 0.15) is 37.0 Å². The fourth-order valence-corrected chi connectivity index (χ4v) is 2.03. The number of nitrogens with one attached hydrogen (secondary N) is 1. The van der Waals surface area contributed by atoms with Crippen molar-refractivity contribution >= 4 is 5.91 Å². The third-order valence-corrected chi connectivity index (χ3v) is 3.02.